The van der Waals surface area contributed by atoms with Crippen molar-refractivity contribution in [2.45, 2.75) is 19.2 Å². The second-order valence-electron chi connectivity index (χ2n) is 6.64. The number of thiophene rings is 1. The van der Waals surface area contributed by atoms with E-state index in [1.807, 2.05) is 30.3 Å². The summed E-state index contributed by atoms with van der Waals surface area (Å²) < 4.78 is 2.96. The molecule has 1 amide bonds. The lowest BCUT2D eigenvalue weighted by Gasteiger charge is -2.07. The molecule has 30 heavy (non-hydrogen) atoms. The van der Waals surface area contributed by atoms with Crippen LogP contribution in [0.5, 0.6) is 0 Å². The maximum Gasteiger partial charge on any atom is 0.331 e. The average Bonchev–Trinajstić information content (AvgIpc) is 3.34. The van der Waals surface area contributed by atoms with Gasteiger partial charge in [-0.15, -0.1) is 21.5 Å². The van der Waals surface area contributed by atoms with Gasteiger partial charge in [0.2, 0.25) is 0 Å². The molecule has 1 aromatic carbocycles. The van der Waals surface area contributed by atoms with E-state index in [0.717, 1.165) is 30.3 Å². The number of rotatable bonds is 6. The van der Waals surface area contributed by atoms with Crippen molar-refractivity contribution in [3.8, 4) is 0 Å². The smallest absolute Gasteiger partial charge is 0.331 e. The molecule has 4 rings (SSSR count). The number of nitrogens with zero attached hydrogens (tertiary/aromatic N) is 6. The standard InChI is InChI=1S/C18H17N7O4S/c1-23-17(28)11(16(19)27)7-24(18(23)29)9-15-20-22-25(21-15)8-12(26)14-6-10-4-2-3-5-13(10)30-14/h2-7,12,26H,8-9H2,1H3,(H2,19,27)/t12-/m0/s1. The Morgan fingerprint density at radius 3 is 2.80 bits per heavy atom. The van der Waals surface area contributed by atoms with Crippen molar-refractivity contribution >= 4 is 27.3 Å². The van der Waals surface area contributed by atoms with E-state index in [-0.39, 0.29) is 24.5 Å². The maximum atomic E-state index is 12.3. The maximum absolute atomic E-state index is 12.3. The number of nitrogens with two attached hydrogens (primary N) is 1. The number of aromatic nitrogens is 6. The summed E-state index contributed by atoms with van der Waals surface area (Å²) in [4.78, 5) is 37.6. The summed E-state index contributed by atoms with van der Waals surface area (Å²) >= 11 is 1.48. The summed E-state index contributed by atoms with van der Waals surface area (Å²) in [6.45, 7) is -0.0409. The topological polar surface area (TPSA) is 151 Å². The second-order valence-corrected chi connectivity index (χ2v) is 7.76. The minimum atomic E-state index is -0.938. The molecule has 0 spiro atoms. The Morgan fingerprint density at radius 1 is 1.30 bits per heavy atom. The zero-order chi connectivity index (χ0) is 21.4. The van der Waals surface area contributed by atoms with Gasteiger partial charge in [-0.25, -0.2) is 4.79 Å². The first-order valence-electron chi connectivity index (χ1n) is 8.87. The quantitative estimate of drug-likeness (QED) is 0.426. The molecule has 0 aliphatic rings. The number of amides is 1. The molecule has 154 valence electrons. The van der Waals surface area contributed by atoms with Gasteiger partial charge in [0.05, 0.1) is 13.1 Å². The SMILES string of the molecule is Cn1c(=O)c(C(N)=O)cn(Cc2nnn(C[C@H](O)c3cc4ccccc4s3)n2)c1=O. The number of benzene rings is 1. The van der Waals surface area contributed by atoms with E-state index in [4.69, 9.17) is 5.73 Å². The van der Waals surface area contributed by atoms with E-state index >= 15 is 0 Å². The lowest BCUT2D eigenvalue weighted by atomic mass is 10.2. The summed E-state index contributed by atoms with van der Waals surface area (Å²) in [6.07, 6.45) is 0.255. The van der Waals surface area contributed by atoms with Crippen LogP contribution in [0.1, 0.15) is 27.2 Å². The Morgan fingerprint density at radius 2 is 2.07 bits per heavy atom. The van der Waals surface area contributed by atoms with Crippen molar-refractivity contribution in [3.05, 3.63) is 73.6 Å². The number of tetrazole rings is 1. The van der Waals surface area contributed by atoms with Gasteiger partial charge in [-0.2, -0.15) is 4.80 Å². The zero-order valence-electron chi connectivity index (χ0n) is 15.8. The van der Waals surface area contributed by atoms with Gasteiger partial charge < -0.3 is 10.8 Å². The van der Waals surface area contributed by atoms with Crippen LogP contribution < -0.4 is 17.0 Å². The molecule has 0 saturated heterocycles. The zero-order valence-corrected chi connectivity index (χ0v) is 16.6. The van der Waals surface area contributed by atoms with Gasteiger partial charge in [0.25, 0.3) is 11.5 Å². The highest BCUT2D eigenvalue weighted by Crippen LogP contribution is 2.30. The van der Waals surface area contributed by atoms with Crippen LogP contribution >= 0.6 is 11.3 Å². The molecule has 0 fully saturated rings. The number of primary amides is 1. The number of hydrogen-bond acceptors (Lipinski definition) is 8. The number of aliphatic hydroxyl groups excluding tert-OH is 1. The van der Waals surface area contributed by atoms with Crippen molar-refractivity contribution in [3.63, 3.8) is 0 Å². The number of carbonyl (C=O) groups excluding carboxylic acids is 1. The Labute approximate surface area is 172 Å². The number of carbonyl (C=O) groups is 1. The fourth-order valence-electron chi connectivity index (χ4n) is 2.99. The first-order valence-corrected chi connectivity index (χ1v) is 9.68. The summed E-state index contributed by atoms with van der Waals surface area (Å²) in [5, 5.41) is 23.5. The third-order valence-electron chi connectivity index (χ3n) is 4.53. The molecular formula is C18H17N7O4S. The average molecular weight is 427 g/mol. The van der Waals surface area contributed by atoms with Crippen molar-refractivity contribution in [1.82, 2.24) is 29.3 Å². The molecule has 0 radical (unpaired) electrons. The number of fused-ring (bicyclic) bond motifs is 1. The van der Waals surface area contributed by atoms with Gasteiger partial charge in [-0.3, -0.25) is 18.7 Å². The Balaban J connectivity index is 1.54. The highest BCUT2D eigenvalue weighted by Gasteiger charge is 2.17. The van der Waals surface area contributed by atoms with Crippen LogP contribution in [0.25, 0.3) is 10.1 Å². The van der Waals surface area contributed by atoms with E-state index in [1.165, 1.54) is 23.2 Å². The minimum Gasteiger partial charge on any atom is -0.386 e. The fourth-order valence-corrected chi connectivity index (χ4v) is 4.03. The van der Waals surface area contributed by atoms with Crippen LogP contribution in [0.3, 0.4) is 0 Å². The van der Waals surface area contributed by atoms with Crippen molar-refractivity contribution < 1.29 is 9.90 Å². The van der Waals surface area contributed by atoms with Gasteiger partial charge in [0.15, 0.2) is 5.82 Å². The summed E-state index contributed by atoms with van der Waals surface area (Å²) in [5.41, 5.74) is 3.46. The normalized spacial score (nSPS) is 12.3. The lowest BCUT2D eigenvalue weighted by Crippen LogP contribution is -2.42. The summed E-state index contributed by atoms with van der Waals surface area (Å²) in [6, 6.07) is 9.73. The van der Waals surface area contributed by atoms with Crippen LogP contribution in [-0.2, 0) is 20.1 Å². The van der Waals surface area contributed by atoms with Crippen molar-refractivity contribution in [2.75, 3.05) is 0 Å². The predicted molar refractivity (Wildman–Crippen MR) is 108 cm³/mol. The minimum absolute atomic E-state index is 0.0779. The van der Waals surface area contributed by atoms with E-state index in [2.05, 4.69) is 15.4 Å². The molecule has 11 nitrogen and oxygen atoms in total. The van der Waals surface area contributed by atoms with Crippen molar-refractivity contribution in [1.29, 1.82) is 0 Å². The molecule has 3 heterocycles. The molecule has 4 aromatic rings. The first-order chi connectivity index (χ1) is 14.3. The highest BCUT2D eigenvalue weighted by molar-refractivity contribution is 7.19. The van der Waals surface area contributed by atoms with Crippen LogP contribution in [0.2, 0.25) is 0 Å². The number of hydrogen-bond donors (Lipinski definition) is 2. The van der Waals surface area contributed by atoms with Crippen molar-refractivity contribution in [2.24, 2.45) is 12.8 Å². The number of aliphatic hydroxyl groups is 1. The second kappa shape index (κ2) is 7.65. The molecule has 1 atom stereocenters. The van der Waals surface area contributed by atoms with Crippen LogP contribution in [-0.4, -0.2) is 40.4 Å². The monoisotopic (exact) mass is 427 g/mol. The summed E-state index contributed by atoms with van der Waals surface area (Å²) in [5.74, 6) is -0.762. The Bertz CT molecular complexity index is 1330. The highest BCUT2D eigenvalue weighted by atomic mass is 32.1. The largest absolute Gasteiger partial charge is 0.386 e. The van der Waals surface area contributed by atoms with Gasteiger partial charge in [-0.05, 0) is 22.7 Å². The third-order valence-corrected chi connectivity index (χ3v) is 5.75. The molecule has 0 aliphatic heterocycles. The van der Waals surface area contributed by atoms with E-state index in [1.54, 1.807) is 0 Å². The molecule has 3 N–H and O–H groups in total. The molecule has 12 heteroatoms. The molecule has 0 unspecified atom stereocenters. The Hall–Kier alpha value is -3.64. The van der Waals surface area contributed by atoms with E-state index in [9.17, 15) is 19.5 Å². The molecular weight excluding hydrogens is 410 g/mol. The van der Waals surface area contributed by atoms with Crippen LogP contribution in [0, 0.1) is 0 Å². The van der Waals surface area contributed by atoms with Crippen LogP contribution in [0.4, 0.5) is 0 Å². The Kier molecular flexibility index (Phi) is 5.01. The first kappa shape index (κ1) is 19.7. The predicted octanol–water partition coefficient (Wildman–Crippen LogP) is -0.371. The van der Waals surface area contributed by atoms with Crippen LogP contribution in [0.15, 0.2) is 46.1 Å². The van der Waals surface area contributed by atoms with Gasteiger partial charge in [0.1, 0.15) is 11.7 Å². The molecule has 3 aromatic heterocycles. The van der Waals surface area contributed by atoms with Gasteiger partial charge >= 0.3 is 5.69 Å². The van der Waals surface area contributed by atoms with E-state index < -0.39 is 23.3 Å². The fraction of sp³-hybridized carbons (Fsp3) is 0.222. The molecule has 0 aliphatic carbocycles. The lowest BCUT2D eigenvalue weighted by molar-refractivity contribution is 0.0997. The summed E-state index contributed by atoms with van der Waals surface area (Å²) in [7, 11) is 1.25. The van der Waals surface area contributed by atoms with Gasteiger partial charge in [0, 0.05) is 22.8 Å². The van der Waals surface area contributed by atoms with Gasteiger partial charge in [-0.1, -0.05) is 18.2 Å². The van der Waals surface area contributed by atoms with E-state index in [0.29, 0.717) is 0 Å². The molecule has 0 bridgehead atoms. The molecule has 0 saturated carbocycles. The third kappa shape index (κ3) is 3.65.